The first-order valence-corrected chi connectivity index (χ1v) is 8.84. The molecule has 1 aromatic rings. The topological polar surface area (TPSA) is 76.6 Å². The van der Waals surface area contributed by atoms with E-state index < -0.39 is 16.0 Å². The Morgan fingerprint density at radius 2 is 2.25 bits per heavy atom. The first-order valence-electron chi connectivity index (χ1n) is 6.52. The molecule has 1 aromatic heterocycles. The Kier molecular flexibility index (Phi) is 4.77. The highest BCUT2D eigenvalue weighted by Gasteiger charge is 2.33. The second kappa shape index (κ2) is 6.19. The highest BCUT2D eigenvalue weighted by molar-refractivity contribution is 7.91. The summed E-state index contributed by atoms with van der Waals surface area (Å²) in [7, 11) is -2.46. The molecule has 0 bridgehead atoms. The van der Waals surface area contributed by atoms with Crippen molar-refractivity contribution in [1.82, 2.24) is 9.29 Å². The molecule has 8 heteroatoms. The number of sulfonamides is 1. The van der Waals surface area contributed by atoms with Crippen LogP contribution in [-0.2, 0) is 14.8 Å². The fourth-order valence-corrected chi connectivity index (χ4v) is 4.92. The van der Waals surface area contributed by atoms with Gasteiger partial charge in [-0.2, -0.15) is 4.31 Å². The Bertz CT molecular complexity index is 578. The Hall–Kier alpha value is -0.990. The van der Waals surface area contributed by atoms with Crippen LogP contribution >= 0.6 is 11.3 Å². The van der Waals surface area contributed by atoms with Gasteiger partial charge < -0.3 is 4.74 Å². The van der Waals surface area contributed by atoms with Crippen molar-refractivity contribution in [2.45, 2.75) is 30.4 Å². The fourth-order valence-electron chi connectivity index (χ4n) is 2.13. The van der Waals surface area contributed by atoms with E-state index in [9.17, 15) is 13.2 Å². The number of rotatable bonds is 6. The number of hydrogen-bond acceptors (Lipinski definition) is 6. The molecule has 0 atom stereocenters. The van der Waals surface area contributed by atoms with Crippen LogP contribution in [0, 0.1) is 5.92 Å². The third-order valence-corrected chi connectivity index (χ3v) is 6.81. The number of carbonyl (C=O) groups excluding carboxylic acids is 1. The van der Waals surface area contributed by atoms with Gasteiger partial charge in [0.05, 0.1) is 12.6 Å². The molecular formula is C12H18N2O4S2. The number of nitrogens with zero attached hydrogens (tertiary/aromatic N) is 2. The lowest BCUT2D eigenvalue weighted by Crippen LogP contribution is -2.37. The van der Waals surface area contributed by atoms with E-state index in [-0.39, 0.29) is 9.90 Å². The smallest absolute Gasteiger partial charge is 0.358 e. The lowest BCUT2D eigenvalue weighted by atomic mass is 9.85. The summed E-state index contributed by atoms with van der Waals surface area (Å²) in [5.74, 6) is -0.288. The Labute approximate surface area is 122 Å². The van der Waals surface area contributed by atoms with Gasteiger partial charge in [0.1, 0.15) is 0 Å². The molecule has 1 aliphatic carbocycles. The maximum atomic E-state index is 12.6. The summed E-state index contributed by atoms with van der Waals surface area (Å²) >= 11 is 0.955. The van der Waals surface area contributed by atoms with Crippen LogP contribution in [0.4, 0.5) is 0 Å². The van der Waals surface area contributed by atoms with Gasteiger partial charge in [-0.1, -0.05) is 13.3 Å². The SMILES string of the molecule is CCN(CC1CCC1)S(=O)(=O)c1scnc1C(=O)OC. The molecule has 0 unspecified atom stereocenters. The molecule has 20 heavy (non-hydrogen) atoms. The zero-order valence-corrected chi connectivity index (χ0v) is 13.2. The van der Waals surface area contributed by atoms with Crippen molar-refractivity contribution in [3.63, 3.8) is 0 Å². The van der Waals surface area contributed by atoms with Gasteiger partial charge >= 0.3 is 5.97 Å². The quantitative estimate of drug-likeness (QED) is 0.747. The van der Waals surface area contributed by atoms with Crippen LogP contribution in [0.1, 0.15) is 36.7 Å². The minimum absolute atomic E-state index is 0.0227. The van der Waals surface area contributed by atoms with Crippen molar-refractivity contribution in [1.29, 1.82) is 0 Å². The van der Waals surface area contributed by atoms with Gasteiger partial charge in [-0.3, -0.25) is 0 Å². The molecule has 0 saturated heterocycles. The molecule has 1 fully saturated rings. The van der Waals surface area contributed by atoms with Crippen molar-refractivity contribution < 1.29 is 17.9 Å². The van der Waals surface area contributed by atoms with Gasteiger partial charge in [-0.05, 0) is 18.8 Å². The second-order valence-electron chi connectivity index (χ2n) is 4.73. The minimum Gasteiger partial charge on any atom is -0.464 e. The van der Waals surface area contributed by atoms with Crippen molar-refractivity contribution in [2.75, 3.05) is 20.2 Å². The molecule has 1 heterocycles. The highest BCUT2D eigenvalue weighted by Crippen LogP contribution is 2.31. The Morgan fingerprint density at radius 1 is 1.55 bits per heavy atom. The summed E-state index contributed by atoms with van der Waals surface area (Å²) in [6, 6.07) is 0. The zero-order valence-electron chi connectivity index (χ0n) is 11.5. The van der Waals surface area contributed by atoms with Crippen molar-refractivity contribution in [3.8, 4) is 0 Å². The average molecular weight is 318 g/mol. The number of methoxy groups -OCH3 is 1. The maximum absolute atomic E-state index is 12.6. The zero-order chi connectivity index (χ0) is 14.8. The van der Waals surface area contributed by atoms with E-state index >= 15 is 0 Å². The van der Waals surface area contributed by atoms with Gasteiger partial charge in [0.2, 0.25) is 0 Å². The minimum atomic E-state index is -3.68. The monoisotopic (exact) mass is 318 g/mol. The van der Waals surface area contributed by atoms with Crippen LogP contribution in [0.3, 0.4) is 0 Å². The molecule has 0 spiro atoms. The first-order chi connectivity index (χ1) is 9.50. The summed E-state index contributed by atoms with van der Waals surface area (Å²) in [5, 5.41) is 0. The third-order valence-electron chi connectivity index (χ3n) is 3.53. The molecule has 6 nitrogen and oxygen atoms in total. The lowest BCUT2D eigenvalue weighted by molar-refractivity contribution is 0.0590. The Morgan fingerprint density at radius 3 is 2.75 bits per heavy atom. The summed E-state index contributed by atoms with van der Waals surface area (Å²) in [5.41, 5.74) is 1.24. The maximum Gasteiger partial charge on any atom is 0.358 e. The predicted octanol–water partition coefficient (Wildman–Crippen LogP) is 1.74. The molecule has 0 aliphatic heterocycles. The molecular weight excluding hydrogens is 300 g/mol. The first kappa shape index (κ1) is 15.4. The summed E-state index contributed by atoms with van der Waals surface area (Å²) in [4.78, 5) is 15.4. The molecule has 2 rings (SSSR count). The van der Waals surface area contributed by atoms with E-state index in [4.69, 9.17) is 0 Å². The van der Waals surface area contributed by atoms with Gasteiger partial charge in [0, 0.05) is 13.1 Å². The van der Waals surface area contributed by atoms with E-state index in [1.807, 2.05) is 0 Å². The average Bonchev–Trinajstić information content (AvgIpc) is 2.86. The molecule has 0 radical (unpaired) electrons. The van der Waals surface area contributed by atoms with Crippen molar-refractivity contribution >= 4 is 27.3 Å². The number of ether oxygens (including phenoxy) is 1. The van der Waals surface area contributed by atoms with Crippen LogP contribution in [0.15, 0.2) is 9.72 Å². The summed E-state index contributed by atoms with van der Waals surface area (Å²) in [6.45, 7) is 2.70. The third kappa shape index (κ3) is 2.87. The Balaban J connectivity index is 2.28. The number of esters is 1. The number of carbonyl (C=O) groups is 1. The van der Waals surface area contributed by atoms with Crippen LogP contribution in [0.25, 0.3) is 0 Å². The van der Waals surface area contributed by atoms with Crippen LogP contribution in [-0.4, -0.2) is 43.9 Å². The van der Waals surface area contributed by atoms with Crippen molar-refractivity contribution in [3.05, 3.63) is 11.2 Å². The number of aromatic nitrogens is 1. The number of hydrogen-bond donors (Lipinski definition) is 0. The molecule has 112 valence electrons. The molecule has 1 saturated carbocycles. The summed E-state index contributed by atoms with van der Waals surface area (Å²) in [6.07, 6.45) is 3.30. The molecule has 0 aromatic carbocycles. The van der Waals surface area contributed by atoms with E-state index in [1.54, 1.807) is 6.92 Å². The standard InChI is InChI=1S/C12H18N2O4S2/c1-3-14(7-9-5-4-6-9)20(16,17)12-10(11(15)18-2)13-8-19-12/h8-9H,3-7H2,1-2H3. The largest absolute Gasteiger partial charge is 0.464 e. The van der Waals surface area contributed by atoms with E-state index in [0.29, 0.717) is 19.0 Å². The van der Waals surface area contributed by atoms with Crippen LogP contribution in [0.2, 0.25) is 0 Å². The van der Waals surface area contributed by atoms with Gasteiger partial charge in [-0.15, -0.1) is 11.3 Å². The van der Waals surface area contributed by atoms with E-state index in [1.165, 1.54) is 16.9 Å². The van der Waals surface area contributed by atoms with Gasteiger partial charge in [0.25, 0.3) is 10.0 Å². The molecule has 0 amide bonds. The number of thiazole rings is 1. The van der Waals surface area contributed by atoms with Gasteiger partial charge in [0.15, 0.2) is 9.90 Å². The van der Waals surface area contributed by atoms with Crippen LogP contribution in [0.5, 0.6) is 0 Å². The molecule has 1 aliphatic rings. The van der Waals surface area contributed by atoms with Crippen molar-refractivity contribution in [2.24, 2.45) is 5.92 Å². The lowest BCUT2D eigenvalue weighted by Gasteiger charge is -2.30. The predicted molar refractivity (Wildman–Crippen MR) is 75.2 cm³/mol. The van der Waals surface area contributed by atoms with E-state index in [2.05, 4.69) is 9.72 Å². The molecule has 0 N–H and O–H groups in total. The second-order valence-corrected chi connectivity index (χ2v) is 7.72. The summed E-state index contributed by atoms with van der Waals surface area (Å²) < 4.78 is 31.2. The van der Waals surface area contributed by atoms with Gasteiger partial charge in [-0.25, -0.2) is 18.2 Å². The van der Waals surface area contributed by atoms with Crippen LogP contribution < -0.4 is 0 Å². The normalized spacial score (nSPS) is 16.1. The highest BCUT2D eigenvalue weighted by atomic mass is 32.2. The fraction of sp³-hybridized carbons (Fsp3) is 0.667. The van der Waals surface area contributed by atoms with E-state index in [0.717, 1.165) is 30.6 Å².